The third kappa shape index (κ3) is 3.36. The third-order valence-electron chi connectivity index (χ3n) is 3.74. The highest BCUT2D eigenvalue weighted by Gasteiger charge is 2.29. The summed E-state index contributed by atoms with van der Waals surface area (Å²) in [6, 6.07) is 2.19. The number of rotatable bonds is 5. The molecule has 1 aliphatic heterocycles. The van der Waals surface area contributed by atoms with E-state index in [0.29, 0.717) is 5.41 Å². The van der Waals surface area contributed by atoms with E-state index in [-0.39, 0.29) is 0 Å². The number of hydrogen-bond acceptors (Lipinski definition) is 3. The van der Waals surface area contributed by atoms with Crippen LogP contribution in [0.15, 0.2) is 10.5 Å². The molecule has 2 rings (SSSR count). The smallest absolute Gasteiger partial charge is 0.120 e. The van der Waals surface area contributed by atoms with Crippen molar-refractivity contribution in [3.8, 4) is 0 Å². The third-order valence-corrected chi connectivity index (χ3v) is 3.74. The molecular formula is C15H26N2O. The fourth-order valence-electron chi connectivity index (χ4n) is 2.66. The molecule has 1 aromatic rings. The quantitative estimate of drug-likeness (QED) is 0.871. The monoisotopic (exact) mass is 250 g/mol. The molecule has 1 aromatic heterocycles. The van der Waals surface area contributed by atoms with Crippen molar-refractivity contribution < 1.29 is 4.42 Å². The van der Waals surface area contributed by atoms with Crippen molar-refractivity contribution in [2.45, 2.75) is 47.2 Å². The van der Waals surface area contributed by atoms with E-state index >= 15 is 0 Å². The van der Waals surface area contributed by atoms with Gasteiger partial charge in [-0.1, -0.05) is 20.8 Å². The number of nitrogens with one attached hydrogen (secondary N) is 1. The molecule has 0 amide bonds. The van der Waals surface area contributed by atoms with Crippen molar-refractivity contribution >= 4 is 0 Å². The first kappa shape index (κ1) is 13.6. The minimum Gasteiger partial charge on any atom is -0.463 e. The van der Waals surface area contributed by atoms with E-state index < -0.39 is 0 Å². The Bertz CT molecular complexity index is 395. The number of nitrogens with zero attached hydrogens (tertiary/aromatic N) is 1. The lowest BCUT2D eigenvalue weighted by Gasteiger charge is -2.18. The average molecular weight is 250 g/mol. The Morgan fingerprint density at radius 1 is 1.44 bits per heavy atom. The van der Waals surface area contributed by atoms with Crippen molar-refractivity contribution in [1.82, 2.24) is 10.2 Å². The molecule has 102 valence electrons. The van der Waals surface area contributed by atoms with Crippen LogP contribution in [0.3, 0.4) is 0 Å². The highest BCUT2D eigenvalue weighted by molar-refractivity contribution is 5.20. The van der Waals surface area contributed by atoms with Gasteiger partial charge in [0.2, 0.25) is 0 Å². The van der Waals surface area contributed by atoms with Crippen molar-refractivity contribution in [1.29, 1.82) is 0 Å². The van der Waals surface area contributed by atoms with Crippen LogP contribution in [0.5, 0.6) is 0 Å². The molecule has 1 aliphatic rings. The first-order valence-electron chi connectivity index (χ1n) is 7.01. The van der Waals surface area contributed by atoms with E-state index in [0.717, 1.165) is 31.2 Å². The number of hydrogen-bond donors (Lipinski definition) is 1. The van der Waals surface area contributed by atoms with Gasteiger partial charge in [-0.2, -0.15) is 0 Å². The number of aryl methyl sites for hydroxylation is 1. The van der Waals surface area contributed by atoms with Gasteiger partial charge >= 0.3 is 0 Å². The summed E-state index contributed by atoms with van der Waals surface area (Å²) in [6.45, 7) is 14.1. The molecule has 3 heteroatoms. The first-order chi connectivity index (χ1) is 8.50. The van der Waals surface area contributed by atoms with Gasteiger partial charge in [0.15, 0.2) is 0 Å². The van der Waals surface area contributed by atoms with Gasteiger partial charge in [-0.15, -0.1) is 0 Å². The van der Waals surface area contributed by atoms with Crippen LogP contribution in [0.4, 0.5) is 0 Å². The van der Waals surface area contributed by atoms with Gasteiger partial charge in [0.1, 0.15) is 11.5 Å². The van der Waals surface area contributed by atoms with Crippen molar-refractivity contribution in [3.05, 3.63) is 23.2 Å². The molecule has 1 N–H and O–H groups in total. The van der Waals surface area contributed by atoms with E-state index in [1.54, 1.807) is 0 Å². The summed E-state index contributed by atoms with van der Waals surface area (Å²) in [5, 5.41) is 3.32. The zero-order valence-electron chi connectivity index (χ0n) is 12.2. The molecule has 0 radical (unpaired) electrons. The van der Waals surface area contributed by atoms with Crippen LogP contribution in [-0.4, -0.2) is 24.5 Å². The molecule has 1 fully saturated rings. The first-order valence-corrected chi connectivity index (χ1v) is 7.01. The molecule has 0 aliphatic carbocycles. The Labute approximate surface area is 111 Å². The fourth-order valence-corrected chi connectivity index (χ4v) is 2.66. The maximum absolute atomic E-state index is 5.94. The van der Waals surface area contributed by atoms with Gasteiger partial charge in [-0.3, -0.25) is 4.90 Å². The SMILES string of the molecule is CCNCc1oc(CN2CCC(C)(C)C2)cc1C. The van der Waals surface area contributed by atoms with Crippen LogP contribution in [-0.2, 0) is 13.1 Å². The van der Waals surface area contributed by atoms with Crippen LogP contribution in [0.25, 0.3) is 0 Å². The largest absolute Gasteiger partial charge is 0.463 e. The zero-order chi connectivity index (χ0) is 13.2. The zero-order valence-corrected chi connectivity index (χ0v) is 12.2. The number of likely N-dealkylation sites (tertiary alicyclic amines) is 1. The van der Waals surface area contributed by atoms with Crippen LogP contribution < -0.4 is 5.32 Å². The summed E-state index contributed by atoms with van der Waals surface area (Å²) in [5.41, 5.74) is 1.73. The van der Waals surface area contributed by atoms with Crippen LogP contribution in [0.1, 0.15) is 44.3 Å². The molecule has 3 nitrogen and oxygen atoms in total. The fraction of sp³-hybridized carbons (Fsp3) is 0.733. The van der Waals surface area contributed by atoms with E-state index in [1.165, 1.54) is 25.1 Å². The average Bonchev–Trinajstić information content (AvgIpc) is 2.80. The molecule has 0 aromatic carbocycles. The van der Waals surface area contributed by atoms with Crippen LogP contribution in [0, 0.1) is 12.3 Å². The molecule has 1 saturated heterocycles. The van der Waals surface area contributed by atoms with Crippen LogP contribution in [0.2, 0.25) is 0 Å². The Kier molecular flexibility index (Phi) is 4.13. The van der Waals surface area contributed by atoms with Gasteiger partial charge in [-0.05, 0) is 43.5 Å². The predicted molar refractivity (Wildman–Crippen MR) is 74.5 cm³/mol. The van der Waals surface area contributed by atoms with Gasteiger partial charge in [0.25, 0.3) is 0 Å². The van der Waals surface area contributed by atoms with E-state index in [9.17, 15) is 0 Å². The summed E-state index contributed by atoms with van der Waals surface area (Å²) >= 11 is 0. The van der Waals surface area contributed by atoms with E-state index in [2.05, 4.69) is 44.0 Å². The summed E-state index contributed by atoms with van der Waals surface area (Å²) in [6.07, 6.45) is 1.29. The summed E-state index contributed by atoms with van der Waals surface area (Å²) in [4.78, 5) is 2.50. The molecule has 2 heterocycles. The maximum atomic E-state index is 5.94. The predicted octanol–water partition coefficient (Wildman–Crippen LogP) is 2.93. The van der Waals surface area contributed by atoms with Gasteiger partial charge in [0, 0.05) is 6.54 Å². The molecular weight excluding hydrogens is 224 g/mol. The summed E-state index contributed by atoms with van der Waals surface area (Å²) < 4.78 is 5.94. The minimum absolute atomic E-state index is 0.467. The Hall–Kier alpha value is -0.800. The number of furan rings is 1. The molecule has 18 heavy (non-hydrogen) atoms. The van der Waals surface area contributed by atoms with Gasteiger partial charge in [0.05, 0.1) is 13.1 Å². The summed E-state index contributed by atoms with van der Waals surface area (Å²) in [5.74, 6) is 2.20. The standard InChI is InChI=1S/C15H26N2O/c1-5-16-9-14-12(2)8-13(18-14)10-17-7-6-15(3,4)11-17/h8,16H,5-7,9-11H2,1-4H3. The highest BCUT2D eigenvalue weighted by atomic mass is 16.3. The lowest BCUT2D eigenvalue weighted by atomic mass is 9.93. The second-order valence-electron chi connectivity index (χ2n) is 6.22. The lowest BCUT2D eigenvalue weighted by Crippen LogP contribution is -2.22. The topological polar surface area (TPSA) is 28.4 Å². The van der Waals surface area contributed by atoms with Gasteiger partial charge < -0.3 is 9.73 Å². The van der Waals surface area contributed by atoms with E-state index in [1.807, 2.05) is 0 Å². The molecule has 0 bridgehead atoms. The van der Waals surface area contributed by atoms with Crippen molar-refractivity contribution in [3.63, 3.8) is 0 Å². The second-order valence-corrected chi connectivity index (χ2v) is 6.22. The summed E-state index contributed by atoms with van der Waals surface area (Å²) in [7, 11) is 0. The Morgan fingerprint density at radius 3 is 2.83 bits per heavy atom. The Morgan fingerprint density at radius 2 is 2.22 bits per heavy atom. The molecule has 0 unspecified atom stereocenters. The molecule has 0 saturated carbocycles. The Balaban J connectivity index is 1.94. The van der Waals surface area contributed by atoms with E-state index in [4.69, 9.17) is 4.42 Å². The minimum atomic E-state index is 0.467. The second kappa shape index (κ2) is 5.45. The van der Waals surface area contributed by atoms with Crippen molar-refractivity contribution in [2.24, 2.45) is 5.41 Å². The normalized spacial score (nSPS) is 19.6. The van der Waals surface area contributed by atoms with Gasteiger partial charge in [-0.25, -0.2) is 0 Å². The lowest BCUT2D eigenvalue weighted by molar-refractivity contribution is 0.260. The molecule has 0 atom stereocenters. The van der Waals surface area contributed by atoms with Crippen molar-refractivity contribution in [2.75, 3.05) is 19.6 Å². The highest BCUT2D eigenvalue weighted by Crippen LogP contribution is 2.30. The molecule has 0 spiro atoms. The maximum Gasteiger partial charge on any atom is 0.120 e. The van der Waals surface area contributed by atoms with Crippen LogP contribution >= 0.6 is 0 Å².